The molecule has 0 radical (unpaired) electrons. The van der Waals surface area contributed by atoms with Crippen LogP contribution in [0.2, 0.25) is 0 Å². The van der Waals surface area contributed by atoms with Crippen LogP contribution in [0.4, 0.5) is 0 Å². The van der Waals surface area contributed by atoms with Crippen LogP contribution < -0.4 is 15.9 Å². The highest BCUT2D eigenvalue weighted by molar-refractivity contribution is 5.87. The molecule has 2 aromatic rings. The Hall–Kier alpha value is -1.81. The number of rotatable bonds is 3. The van der Waals surface area contributed by atoms with E-state index in [9.17, 15) is 4.79 Å². The molecule has 0 unspecified atom stereocenters. The van der Waals surface area contributed by atoms with Gasteiger partial charge in [0.2, 0.25) is 0 Å². The first-order valence-corrected chi connectivity index (χ1v) is 5.56. The van der Waals surface area contributed by atoms with Gasteiger partial charge in [-0.15, -0.1) is 0 Å². The minimum atomic E-state index is 0.0182. The van der Waals surface area contributed by atoms with Crippen LogP contribution in [0.15, 0.2) is 29.2 Å². The molecule has 0 amide bonds. The standard InChI is InChI=1S/C13H16N2O2/c1-9-3-4-11(17-2)13-12(9)10(16)5-7-15(13)8-6-14/h3-5,7H,6,8,14H2,1-2H3. The van der Waals surface area contributed by atoms with Gasteiger partial charge >= 0.3 is 0 Å². The molecule has 1 aromatic carbocycles. The number of benzene rings is 1. The average Bonchev–Trinajstić information content (AvgIpc) is 2.33. The van der Waals surface area contributed by atoms with Gasteiger partial charge in [0.05, 0.1) is 18.0 Å². The Labute approximate surface area is 99.6 Å². The van der Waals surface area contributed by atoms with Gasteiger partial charge in [-0.3, -0.25) is 4.79 Å². The Morgan fingerprint density at radius 1 is 1.35 bits per heavy atom. The molecule has 0 saturated heterocycles. The lowest BCUT2D eigenvalue weighted by molar-refractivity contribution is 0.417. The summed E-state index contributed by atoms with van der Waals surface area (Å²) >= 11 is 0. The maximum absolute atomic E-state index is 11.9. The zero-order valence-electron chi connectivity index (χ0n) is 10.1. The molecule has 0 atom stereocenters. The van der Waals surface area contributed by atoms with E-state index in [1.165, 1.54) is 0 Å². The topological polar surface area (TPSA) is 57.2 Å². The second-order valence-electron chi connectivity index (χ2n) is 3.97. The van der Waals surface area contributed by atoms with Crippen LogP contribution in [-0.4, -0.2) is 18.2 Å². The molecule has 0 fully saturated rings. The summed E-state index contributed by atoms with van der Waals surface area (Å²) in [5, 5.41) is 0.709. The van der Waals surface area contributed by atoms with Gasteiger partial charge in [-0.2, -0.15) is 0 Å². The molecular weight excluding hydrogens is 216 g/mol. The maximum Gasteiger partial charge on any atom is 0.189 e. The summed E-state index contributed by atoms with van der Waals surface area (Å²) in [5.74, 6) is 0.705. The Balaban J connectivity index is 2.90. The van der Waals surface area contributed by atoms with Gasteiger partial charge in [-0.25, -0.2) is 0 Å². The van der Waals surface area contributed by atoms with Crippen LogP contribution in [0, 0.1) is 6.92 Å². The van der Waals surface area contributed by atoms with Crippen molar-refractivity contribution in [3.63, 3.8) is 0 Å². The van der Waals surface area contributed by atoms with Gasteiger partial charge < -0.3 is 15.0 Å². The summed E-state index contributed by atoms with van der Waals surface area (Å²) in [7, 11) is 1.61. The highest BCUT2D eigenvalue weighted by Crippen LogP contribution is 2.25. The van der Waals surface area contributed by atoms with E-state index in [1.807, 2.05) is 23.6 Å². The molecule has 4 heteroatoms. The molecule has 1 aromatic heterocycles. The smallest absolute Gasteiger partial charge is 0.189 e. The average molecular weight is 232 g/mol. The first-order valence-electron chi connectivity index (χ1n) is 5.56. The summed E-state index contributed by atoms with van der Waals surface area (Å²) < 4.78 is 7.28. The Bertz CT molecular complexity index is 602. The van der Waals surface area contributed by atoms with Gasteiger partial charge in [0.1, 0.15) is 5.75 Å². The van der Waals surface area contributed by atoms with Crippen LogP contribution in [0.1, 0.15) is 5.56 Å². The number of ether oxygens (including phenoxy) is 1. The Morgan fingerprint density at radius 2 is 2.12 bits per heavy atom. The first kappa shape index (κ1) is 11.7. The van der Waals surface area contributed by atoms with Crippen LogP contribution in [0.25, 0.3) is 10.9 Å². The molecule has 90 valence electrons. The van der Waals surface area contributed by atoms with Crippen molar-refractivity contribution in [1.82, 2.24) is 4.57 Å². The minimum absolute atomic E-state index is 0.0182. The highest BCUT2D eigenvalue weighted by atomic mass is 16.5. The number of aryl methyl sites for hydroxylation is 1. The second-order valence-corrected chi connectivity index (χ2v) is 3.97. The van der Waals surface area contributed by atoms with E-state index in [1.54, 1.807) is 19.4 Å². The summed E-state index contributed by atoms with van der Waals surface area (Å²) in [6.45, 7) is 3.11. The van der Waals surface area contributed by atoms with Crippen molar-refractivity contribution >= 4 is 10.9 Å². The molecular formula is C13H16N2O2. The Kier molecular flexibility index (Phi) is 3.15. The normalized spacial score (nSPS) is 10.8. The van der Waals surface area contributed by atoms with Crippen molar-refractivity contribution in [2.24, 2.45) is 5.73 Å². The Morgan fingerprint density at radius 3 is 2.76 bits per heavy atom. The molecule has 2 rings (SSSR count). The number of hydrogen-bond acceptors (Lipinski definition) is 3. The predicted molar refractivity (Wildman–Crippen MR) is 68.6 cm³/mol. The van der Waals surface area contributed by atoms with Crippen molar-refractivity contribution in [1.29, 1.82) is 0 Å². The fraction of sp³-hybridized carbons (Fsp3) is 0.308. The zero-order chi connectivity index (χ0) is 12.4. The molecule has 0 aliphatic carbocycles. The SMILES string of the molecule is COc1ccc(C)c2c(=O)ccn(CCN)c12. The number of hydrogen-bond donors (Lipinski definition) is 1. The predicted octanol–water partition coefficient (Wildman–Crippen LogP) is 1.28. The van der Waals surface area contributed by atoms with E-state index in [2.05, 4.69) is 0 Å². The second kappa shape index (κ2) is 4.59. The number of nitrogens with two attached hydrogens (primary N) is 1. The van der Waals surface area contributed by atoms with Crippen LogP contribution >= 0.6 is 0 Å². The van der Waals surface area contributed by atoms with Crippen molar-refractivity contribution < 1.29 is 4.74 Å². The molecule has 2 N–H and O–H groups in total. The van der Waals surface area contributed by atoms with Gasteiger partial charge in [0.15, 0.2) is 5.43 Å². The van der Waals surface area contributed by atoms with Crippen molar-refractivity contribution in [2.75, 3.05) is 13.7 Å². The van der Waals surface area contributed by atoms with Gasteiger partial charge in [-0.05, 0) is 18.6 Å². The third-order valence-corrected chi connectivity index (χ3v) is 2.88. The lowest BCUT2D eigenvalue weighted by atomic mass is 10.1. The molecule has 17 heavy (non-hydrogen) atoms. The van der Waals surface area contributed by atoms with Gasteiger partial charge in [0.25, 0.3) is 0 Å². The number of aromatic nitrogens is 1. The first-order chi connectivity index (χ1) is 8.19. The minimum Gasteiger partial charge on any atom is -0.495 e. The number of nitrogens with zero attached hydrogens (tertiary/aromatic N) is 1. The molecule has 4 nitrogen and oxygen atoms in total. The third-order valence-electron chi connectivity index (χ3n) is 2.88. The maximum atomic E-state index is 11.9. The zero-order valence-corrected chi connectivity index (χ0v) is 10.1. The van der Waals surface area contributed by atoms with Crippen LogP contribution in [0.3, 0.4) is 0 Å². The summed E-state index contributed by atoms with van der Waals surface area (Å²) in [5.41, 5.74) is 7.38. The molecule has 0 saturated carbocycles. The lowest BCUT2D eigenvalue weighted by Crippen LogP contribution is -2.15. The van der Waals surface area contributed by atoms with Crippen molar-refractivity contribution in [2.45, 2.75) is 13.5 Å². The molecule has 0 spiro atoms. The van der Waals surface area contributed by atoms with Gasteiger partial charge in [0, 0.05) is 25.4 Å². The van der Waals surface area contributed by atoms with E-state index in [0.717, 1.165) is 11.1 Å². The van der Waals surface area contributed by atoms with Crippen molar-refractivity contribution in [3.05, 3.63) is 40.2 Å². The summed E-state index contributed by atoms with van der Waals surface area (Å²) in [4.78, 5) is 11.9. The van der Waals surface area contributed by atoms with Gasteiger partial charge in [-0.1, -0.05) is 6.07 Å². The number of methoxy groups -OCH3 is 1. The quantitative estimate of drug-likeness (QED) is 0.867. The highest BCUT2D eigenvalue weighted by Gasteiger charge is 2.10. The number of fused-ring (bicyclic) bond motifs is 1. The summed E-state index contributed by atoms with van der Waals surface area (Å²) in [6.07, 6.45) is 1.76. The fourth-order valence-corrected chi connectivity index (χ4v) is 2.07. The third kappa shape index (κ3) is 1.91. The number of pyridine rings is 1. The van der Waals surface area contributed by atoms with E-state index in [-0.39, 0.29) is 5.43 Å². The lowest BCUT2D eigenvalue weighted by Gasteiger charge is -2.14. The van der Waals surface area contributed by atoms with Crippen LogP contribution in [-0.2, 0) is 6.54 Å². The van der Waals surface area contributed by atoms with E-state index < -0.39 is 0 Å². The van der Waals surface area contributed by atoms with E-state index >= 15 is 0 Å². The van der Waals surface area contributed by atoms with E-state index in [4.69, 9.17) is 10.5 Å². The molecule has 0 aliphatic heterocycles. The monoisotopic (exact) mass is 232 g/mol. The summed E-state index contributed by atoms with van der Waals surface area (Å²) in [6, 6.07) is 5.35. The molecule has 0 aliphatic rings. The van der Waals surface area contributed by atoms with Crippen LogP contribution in [0.5, 0.6) is 5.75 Å². The molecule has 0 bridgehead atoms. The molecule has 1 heterocycles. The van der Waals surface area contributed by atoms with Crippen molar-refractivity contribution in [3.8, 4) is 5.75 Å². The largest absolute Gasteiger partial charge is 0.495 e. The fourth-order valence-electron chi connectivity index (χ4n) is 2.07. The van der Waals surface area contributed by atoms with E-state index in [0.29, 0.717) is 24.2 Å².